The highest BCUT2D eigenvalue weighted by molar-refractivity contribution is 6.30. The number of ether oxygens (including phenoxy) is 2. The topological polar surface area (TPSA) is 73.6 Å². The molecule has 0 aliphatic carbocycles. The van der Waals surface area contributed by atoms with Crippen molar-refractivity contribution in [2.45, 2.75) is 0 Å². The molecule has 1 N–H and O–H groups in total. The summed E-state index contributed by atoms with van der Waals surface area (Å²) in [4.78, 5) is 16.5. The number of halogens is 1. The van der Waals surface area contributed by atoms with Crippen molar-refractivity contribution in [2.75, 3.05) is 19.5 Å². The van der Waals surface area contributed by atoms with Gasteiger partial charge in [0.15, 0.2) is 29.3 Å². The number of nitrogens with one attached hydrogen (secondary N) is 1. The predicted molar refractivity (Wildman–Crippen MR) is 94.4 cm³/mol. The second-order valence-corrected chi connectivity index (χ2v) is 5.50. The summed E-state index contributed by atoms with van der Waals surface area (Å²) in [6.07, 6.45) is 1.23. The lowest BCUT2D eigenvalue weighted by molar-refractivity contribution is 0.102. The van der Waals surface area contributed by atoms with Crippen molar-refractivity contribution in [1.82, 2.24) is 4.98 Å². The molecule has 1 aromatic heterocycles. The van der Waals surface area contributed by atoms with Crippen molar-refractivity contribution in [3.05, 3.63) is 59.6 Å². The number of carbonyl (C=O) groups excluding carboxylic acids is 1. The summed E-state index contributed by atoms with van der Waals surface area (Å²) < 4.78 is 15.9. The second kappa shape index (κ2) is 7.27. The van der Waals surface area contributed by atoms with Gasteiger partial charge < -0.3 is 19.2 Å². The largest absolute Gasteiger partial charge is 0.493 e. The normalized spacial score (nSPS) is 10.4. The summed E-state index contributed by atoms with van der Waals surface area (Å²) in [7, 11) is 3.09. The molecule has 0 aliphatic heterocycles. The molecular formula is C18H15ClN2O4. The first-order valence-electron chi connectivity index (χ1n) is 7.35. The van der Waals surface area contributed by atoms with Crippen LogP contribution in [0.3, 0.4) is 0 Å². The van der Waals surface area contributed by atoms with Gasteiger partial charge in [-0.1, -0.05) is 11.6 Å². The summed E-state index contributed by atoms with van der Waals surface area (Å²) in [6.45, 7) is 0. The monoisotopic (exact) mass is 358 g/mol. The fourth-order valence-electron chi connectivity index (χ4n) is 2.31. The molecule has 0 saturated heterocycles. The van der Waals surface area contributed by atoms with Crippen LogP contribution in [0.15, 0.2) is 53.3 Å². The van der Waals surface area contributed by atoms with E-state index < -0.39 is 0 Å². The van der Waals surface area contributed by atoms with Crippen LogP contribution in [0.2, 0.25) is 5.02 Å². The van der Waals surface area contributed by atoms with Crippen LogP contribution in [0, 0.1) is 0 Å². The van der Waals surface area contributed by atoms with Gasteiger partial charge in [-0.15, -0.1) is 0 Å². The van der Waals surface area contributed by atoms with E-state index in [0.29, 0.717) is 33.5 Å². The van der Waals surface area contributed by atoms with Crippen molar-refractivity contribution in [3.8, 4) is 22.8 Å². The second-order valence-electron chi connectivity index (χ2n) is 5.06. The third-order valence-corrected chi connectivity index (χ3v) is 3.78. The molecule has 0 aliphatic rings. The van der Waals surface area contributed by atoms with Gasteiger partial charge in [-0.25, -0.2) is 4.98 Å². The van der Waals surface area contributed by atoms with E-state index in [9.17, 15) is 4.79 Å². The van der Waals surface area contributed by atoms with Gasteiger partial charge in [0.2, 0.25) is 0 Å². The highest BCUT2D eigenvalue weighted by Crippen LogP contribution is 2.33. The van der Waals surface area contributed by atoms with Gasteiger partial charge in [0.05, 0.1) is 14.2 Å². The van der Waals surface area contributed by atoms with Gasteiger partial charge in [-0.2, -0.15) is 0 Å². The number of benzene rings is 2. The average molecular weight is 359 g/mol. The highest BCUT2D eigenvalue weighted by Gasteiger charge is 2.20. The minimum atomic E-state index is -0.388. The molecule has 3 aromatic rings. The fraction of sp³-hybridized carbons (Fsp3) is 0.111. The molecule has 25 heavy (non-hydrogen) atoms. The summed E-state index contributed by atoms with van der Waals surface area (Å²) in [5.41, 5.74) is 1.43. The predicted octanol–water partition coefficient (Wildman–Crippen LogP) is 4.26. The third-order valence-electron chi connectivity index (χ3n) is 3.53. The molecule has 128 valence electrons. The maximum Gasteiger partial charge on any atom is 0.278 e. The van der Waals surface area contributed by atoms with Crippen molar-refractivity contribution < 1.29 is 18.7 Å². The van der Waals surface area contributed by atoms with Crippen LogP contribution < -0.4 is 14.8 Å². The molecule has 7 heteroatoms. The first-order valence-corrected chi connectivity index (χ1v) is 7.73. The minimum Gasteiger partial charge on any atom is -0.493 e. The average Bonchev–Trinajstić information content (AvgIpc) is 3.13. The van der Waals surface area contributed by atoms with Gasteiger partial charge in [0, 0.05) is 16.3 Å². The Labute approximate surface area is 149 Å². The standard InChI is InChI=1S/C18H15ClN2O4/c1-23-14-8-3-11(9-15(14)24-2)17-16(20-10-25-17)18(22)21-13-6-4-12(19)5-7-13/h3-10H,1-2H3,(H,21,22). The van der Waals surface area contributed by atoms with Gasteiger partial charge in [0.1, 0.15) is 0 Å². The summed E-state index contributed by atoms with van der Waals surface area (Å²) >= 11 is 5.84. The van der Waals surface area contributed by atoms with E-state index in [1.807, 2.05) is 0 Å². The number of hydrogen-bond donors (Lipinski definition) is 1. The Morgan fingerprint density at radius 1 is 1.08 bits per heavy atom. The van der Waals surface area contributed by atoms with Gasteiger partial charge in [-0.3, -0.25) is 4.79 Å². The fourth-order valence-corrected chi connectivity index (χ4v) is 2.44. The Hall–Kier alpha value is -2.99. The van der Waals surface area contributed by atoms with E-state index >= 15 is 0 Å². The van der Waals surface area contributed by atoms with E-state index in [2.05, 4.69) is 10.3 Å². The molecule has 0 atom stereocenters. The van der Waals surface area contributed by atoms with E-state index in [0.717, 1.165) is 0 Å². The zero-order valence-electron chi connectivity index (χ0n) is 13.6. The number of nitrogens with zero attached hydrogens (tertiary/aromatic N) is 1. The molecule has 0 radical (unpaired) electrons. The number of carbonyl (C=O) groups is 1. The van der Waals surface area contributed by atoms with Gasteiger partial charge in [-0.05, 0) is 42.5 Å². The SMILES string of the molecule is COc1ccc(-c2ocnc2C(=O)Nc2ccc(Cl)cc2)cc1OC. The maximum atomic E-state index is 12.5. The smallest absolute Gasteiger partial charge is 0.278 e. The number of hydrogen-bond acceptors (Lipinski definition) is 5. The van der Waals surface area contributed by atoms with Crippen LogP contribution in [-0.2, 0) is 0 Å². The summed E-state index contributed by atoms with van der Waals surface area (Å²) in [5.74, 6) is 1.06. The molecule has 2 aromatic carbocycles. The third kappa shape index (κ3) is 3.59. The van der Waals surface area contributed by atoms with Gasteiger partial charge in [0.25, 0.3) is 5.91 Å². The molecule has 3 rings (SSSR count). The van der Waals surface area contributed by atoms with Gasteiger partial charge >= 0.3 is 0 Å². The number of rotatable bonds is 5. The number of amides is 1. The Bertz CT molecular complexity index is 890. The number of oxazole rings is 1. The summed E-state index contributed by atoms with van der Waals surface area (Å²) in [6, 6.07) is 12.0. The highest BCUT2D eigenvalue weighted by atomic mass is 35.5. The maximum absolute atomic E-state index is 12.5. The lowest BCUT2D eigenvalue weighted by Crippen LogP contribution is -2.13. The van der Waals surface area contributed by atoms with Crippen molar-refractivity contribution in [1.29, 1.82) is 0 Å². The van der Waals surface area contributed by atoms with Crippen LogP contribution in [0.25, 0.3) is 11.3 Å². The van der Waals surface area contributed by atoms with E-state index in [-0.39, 0.29) is 11.6 Å². The molecule has 0 unspecified atom stereocenters. The first kappa shape index (κ1) is 16.9. The number of anilines is 1. The van der Waals surface area contributed by atoms with Crippen LogP contribution in [0.1, 0.15) is 10.5 Å². The Morgan fingerprint density at radius 2 is 1.80 bits per heavy atom. The molecule has 1 amide bonds. The van der Waals surface area contributed by atoms with E-state index in [1.54, 1.807) is 49.6 Å². The van der Waals surface area contributed by atoms with Crippen LogP contribution in [-0.4, -0.2) is 25.1 Å². The lowest BCUT2D eigenvalue weighted by Gasteiger charge is -2.09. The molecule has 6 nitrogen and oxygen atoms in total. The molecular weight excluding hydrogens is 344 g/mol. The van der Waals surface area contributed by atoms with Crippen molar-refractivity contribution >= 4 is 23.2 Å². The van der Waals surface area contributed by atoms with Crippen molar-refractivity contribution in [3.63, 3.8) is 0 Å². The zero-order valence-corrected chi connectivity index (χ0v) is 14.3. The summed E-state index contributed by atoms with van der Waals surface area (Å²) in [5, 5.41) is 3.35. The molecule has 0 fully saturated rings. The number of aromatic nitrogens is 1. The molecule has 0 spiro atoms. The van der Waals surface area contributed by atoms with Crippen molar-refractivity contribution in [2.24, 2.45) is 0 Å². The Morgan fingerprint density at radius 3 is 2.48 bits per heavy atom. The number of methoxy groups -OCH3 is 2. The quantitative estimate of drug-likeness (QED) is 0.737. The minimum absolute atomic E-state index is 0.169. The van der Waals surface area contributed by atoms with E-state index in [4.69, 9.17) is 25.5 Å². The lowest BCUT2D eigenvalue weighted by atomic mass is 10.1. The van der Waals surface area contributed by atoms with E-state index in [1.165, 1.54) is 13.5 Å². The zero-order chi connectivity index (χ0) is 17.8. The molecule has 1 heterocycles. The van der Waals surface area contributed by atoms with Crippen LogP contribution >= 0.6 is 11.6 Å². The molecule has 0 saturated carbocycles. The Kier molecular flexibility index (Phi) is 4.90. The van der Waals surface area contributed by atoms with Crippen LogP contribution in [0.4, 0.5) is 5.69 Å². The molecule has 0 bridgehead atoms. The first-order chi connectivity index (χ1) is 12.1. The van der Waals surface area contributed by atoms with Crippen LogP contribution in [0.5, 0.6) is 11.5 Å². The Balaban J connectivity index is 1.89.